The van der Waals surface area contributed by atoms with E-state index >= 15 is 0 Å². The molecule has 3 N–H and O–H groups in total. The highest BCUT2D eigenvalue weighted by atomic mass is 16.5. The Balaban J connectivity index is 1.44. The second-order valence-electron chi connectivity index (χ2n) is 8.18. The highest BCUT2D eigenvalue weighted by Crippen LogP contribution is 2.30. The van der Waals surface area contributed by atoms with Crippen LogP contribution >= 0.6 is 0 Å². The third kappa shape index (κ3) is 4.44. The van der Waals surface area contributed by atoms with Crippen LogP contribution in [0.15, 0.2) is 47.2 Å². The summed E-state index contributed by atoms with van der Waals surface area (Å²) in [6, 6.07) is 9.71. The largest absolute Gasteiger partial charge is 0.385 e. The van der Waals surface area contributed by atoms with Crippen LogP contribution in [0.3, 0.4) is 0 Å². The number of nitrogens with zero attached hydrogens (tertiary/aromatic N) is 4. The van der Waals surface area contributed by atoms with Gasteiger partial charge in [-0.25, -0.2) is 4.98 Å². The van der Waals surface area contributed by atoms with E-state index in [4.69, 9.17) is 10.3 Å². The molecule has 0 aliphatic heterocycles. The topological polar surface area (TPSA) is 110 Å². The molecule has 4 rings (SSSR count). The smallest absolute Gasteiger partial charge is 0.209 e. The van der Waals surface area contributed by atoms with E-state index in [1.807, 2.05) is 41.9 Å². The van der Waals surface area contributed by atoms with Crippen molar-refractivity contribution in [3.8, 4) is 23.2 Å². The van der Waals surface area contributed by atoms with Gasteiger partial charge < -0.3 is 24.8 Å². The van der Waals surface area contributed by atoms with Crippen LogP contribution in [0.4, 0.5) is 0 Å². The van der Waals surface area contributed by atoms with Crippen molar-refractivity contribution in [1.82, 2.24) is 19.6 Å². The fraction of sp³-hybridized carbons (Fsp3) is 0.375. The molecule has 0 spiro atoms. The van der Waals surface area contributed by atoms with Gasteiger partial charge >= 0.3 is 0 Å². The van der Waals surface area contributed by atoms with Crippen molar-refractivity contribution in [2.75, 3.05) is 13.6 Å². The number of carbonyl (C=O) groups is 1. The van der Waals surface area contributed by atoms with Crippen LogP contribution < -0.4 is 5.73 Å². The maximum atomic E-state index is 10.8. The number of hydrogen-bond acceptors (Lipinski definition) is 6. The summed E-state index contributed by atoms with van der Waals surface area (Å²) in [6.45, 7) is 1.96. The van der Waals surface area contributed by atoms with Gasteiger partial charge in [-0.3, -0.25) is 4.79 Å². The number of benzene rings is 1. The molecule has 1 saturated carbocycles. The van der Waals surface area contributed by atoms with Gasteiger partial charge in [0.15, 0.2) is 5.76 Å². The van der Waals surface area contributed by atoms with E-state index in [-0.39, 0.29) is 6.04 Å². The van der Waals surface area contributed by atoms with Crippen LogP contribution in [0.25, 0.3) is 11.3 Å². The quantitative estimate of drug-likeness (QED) is 0.437. The van der Waals surface area contributed by atoms with Crippen LogP contribution in [0.1, 0.15) is 49.0 Å². The first-order valence-electron chi connectivity index (χ1n) is 10.7. The Hall–Kier alpha value is -3.41. The molecular formula is C24H27N5O3. The molecule has 3 aromatic rings. The summed E-state index contributed by atoms with van der Waals surface area (Å²) in [5.41, 5.74) is 8.49. The zero-order valence-electron chi connectivity index (χ0n) is 18.2. The van der Waals surface area contributed by atoms with Crippen LogP contribution in [0.2, 0.25) is 0 Å². The molecule has 0 unspecified atom stereocenters. The normalized spacial score (nSPS) is 19.4. The summed E-state index contributed by atoms with van der Waals surface area (Å²) < 4.78 is 7.39. The van der Waals surface area contributed by atoms with E-state index < -0.39 is 6.10 Å². The minimum Gasteiger partial charge on any atom is -0.385 e. The highest BCUT2D eigenvalue weighted by Gasteiger charge is 2.30. The molecule has 1 fully saturated rings. The number of amides is 1. The van der Waals surface area contributed by atoms with Gasteiger partial charge in [-0.05, 0) is 44.0 Å². The van der Waals surface area contributed by atoms with Gasteiger partial charge in [0.05, 0.1) is 6.04 Å². The van der Waals surface area contributed by atoms with E-state index in [1.54, 1.807) is 24.2 Å². The van der Waals surface area contributed by atoms with Gasteiger partial charge in [-0.2, -0.15) is 0 Å². The van der Waals surface area contributed by atoms with Gasteiger partial charge in [0.25, 0.3) is 0 Å². The van der Waals surface area contributed by atoms with Crippen molar-refractivity contribution in [2.45, 2.75) is 38.0 Å². The van der Waals surface area contributed by atoms with E-state index in [0.717, 1.165) is 30.4 Å². The predicted molar refractivity (Wildman–Crippen MR) is 119 cm³/mol. The van der Waals surface area contributed by atoms with Gasteiger partial charge in [-0.1, -0.05) is 17.0 Å². The summed E-state index contributed by atoms with van der Waals surface area (Å²) in [7, 11) is 1.81. The molecule has 8 nitrogen and oxygen atoms in total. The summed E-state index contributed by atoms with van der Waals surface area (Å²) in [5, 5.41) is 14.2. The molecule has 1 aromatic carbocycles. The van der Waals surface area contributed by atoms with Crippen LogP contribution in [0, 0.1) is 17.8 Å². The molecule has 1 aliphatic rings. The third-order valence-electron chi connectivity index (χ3n) is 5.95. The number of hydrogen-bond donors (Lipinski definition) is 2. The van der Waals surface area contributed by atoms with Crippen molar-refractivity contribution >= 4 is 6.41 Å². The Labute approximate surface area is 187 Å². The average Bonchev–Trinajstić information content (AvgIpc) is 3.44. The number of rotatable bonds is 7. The molecule has 0 radical (unpaired) electrons. The van der Waals surface area contributed by atoms with Crippen LogP contribution in [-0.4, -0.2) is 50.8 Å². The summed E-state index contributed by atoms with van der Waals surface area (Å²) in [6.07, 6.45) is 5.43. The lowest BCUT2D eigenvalue weighted by atomic mass is 9.80. The van der Waals surface area contributed by atoms with Crippen molar-refractivity contribution in [3.63, 3.8) is 0 Å². The molecule has 166 valence electrons. The minimum atomic E-state index is -0.712. The van der Waals surface area contributed by atoms with E-state index in [9.17, 15) is 9.90 Å². The molecule has 1 aliphatic carbocycles. The number of imidazole rings is 1. The average molecular weight is 434 g/mol. The number of carbonyl (C=O) groups excluding carboxylic acids is 1. The lowest BCUT2D eigenvalue weighted by molar-refractivity contribution is -0.120. The van der Waals surface area contributed by atoms with Crippen molar-refractivity contribution < 1.29 is 14.4 Å². The zero-order valence-corrected chi connectivity index (χ0v) is 18.2. The van der Waals surface area contributed by atoms with Gasteiger partial charge in [0.2, 0.25) is 6.41 Å². The van der Waals surface area contributed by atoms with Gasteiger partial charge in [-0.15, -0.1) is 0 Å². The number of aliphatic hydroxyl groups is 1. The SMILES string of the molecule is C[C@H](O)c1nccn1[C@H](CN)c1cc(-c2ccc(C#C[C@H]3C[C@H](N(C)C=O)C3)cc2)on1. The molecule has 32 heavy (non-hydrogen) atoms. The third-order valence-corrected chi connectivity index (χ3v) is 5.95. The number of nitrogens with two attached hydrogens (primary N) is 1. The summed E-state index contributed by atoms with van der Waals surface area (Å²) in [4.78, 5) is 16.7. The number of aliphatic hydroxyl groups excluding tert-OH is 1. The maximum absolute atomic E-state index is 10.8. The lowest BCUT2D eigenvalue weighted by Gasteiger charge is -2.36. The molecular weight excluding hydrogens is 406 g/mol. The van der Waals surface area contributed by atoms with Crippen molar-refractivity contribution in [2.24, 2.45) is 11.7 Å². The van der Waals surface area contributed by atoms with Gasteiger partial charge in [0, 0.05) is 55.1 Å². The van der Waals surface area contributed by atoms with Crippen LogP contribution in [0.5, 0.6) is 0 Å². The lowest BCUT2D eigenvalue weighted by Crippen LogP contribution is -2.41. The zero-order chi connectivity index (χ0) is 22.7. The minimum absolute atomic E-state index is 0.283. The Morgan fingerprint density at radius 2 is 2.12 bits per heavy atom. The fourth-order valence-electron chi connectivity index (χ4n) is 3.90. The first-order chi connectivity index (χ1) is 15.5. The molecule has 0 bridgehead atoms. The Kier molecular flexibility index (Phi) is 6.40. The molecule has 2 aromatic heterocycles. The Bertz CT molecular complexity index is 1120. The molecule has 0 saturated heterocycles. The van der Waals surface area contributed by atoms with Crippen LogP contribution in [-0.2, 0) is 4.79 Å². The maximum Gasteiger partial charge on any atom is 0.209 e. The molecule has 2 atom stereocenters. The second-order valence-corrected chi connectivity index (χ2v) is 8.18. The molecule has 2 heterocycles. The first kappa shape index (κ1) is 21.8. The monoisotopic (exact) mass is 433 g/mol. The Morgan fingerprint density at radius 3 is 2.78 bits per heavy atom. The van der Waals surface area contributed by atoms with Crippen molar-refractivity contribution in [3.05, 3.63) is 59.8 Å². The Morgan fingerprint density at radius 1 is 1.38 bits per heavy atom. The standard InChI is InChI=1S/C24H27N5O3/c1-16(31)24-26-9-10-29(24)22(14-25)21-13-23(32-27-21)19-7-5-17(6-8-19)3-4-18-11-20(12-18)28(2)15-30/h5-10,13,15-16,18,20,22,31H,11-12,14,25H2,1-2H3/t16-,18-,20-,22+/m0/s1. The van der Waals surface area contributed by atoms with E-state index in [0.29, 0.717) is 35.8 Å². The van der Waals surface area contributed by atoms with Gasteiger partial charge in [0.1, 0.15) is 17.6 Å². The molecule has 8 heteroatoms. The highest BCUT2D eigenvalue weighted by molar-refractivity contribution is 5.59. The van der Waals surface area contributed by atoms with E-state index in [1.165, 1.54) is 0 Å². The predicted octanol–water partition coefficient (Wildman–Crippen LogP) is 2.36. The van der Waals surface area contributed by atoms with E-state index in [2.05, 4.69) is 22.0 Å². The summed E-state index contributed by atoms with van der Waals surface area (Å²) >= 11 is 0. The number of aromatic nitrogens is 3. The second kappa shape index (κ2) is 9.39. The fourth-order valence-corrected chi connectivity index (χ4v) is 3.90. The molecule has 1 amide bonds. The summed E-state index contributed by atoms with van der Waals surface area (Å²) in [5.74, 6) is 8.01. The van der Waals surface area contributed by atoms with Crippen molar-refractivity contribution in [1.29, 1.82) is 0 Å². The first-order valence-corrected chi connectivity index (χ1v) is 10.7.